The zero-order valence-corrected chi connectivity index (χ0v) is 14.3. The fraction of sp³-hybridized carbons (Fsp3) is 0.0714. The van der Waals surface area contributed by atoms with E-state index in [2.05, 4.69) is 15.5 Å². The molecule has 0 spiro atoms. The summed E-state index contributed by atoms with van der Waals surface area (Å²) >= 11 is 17.4. The van der Waals surface area contributed by atoms with Gasteiger partial charge in [0.2, 0.25) is 0 Å². The van der Waals surface area contributed by atoms with E-state index in [1.165, 1.54) is 13.0 Å². The van der Waals surface area contributed by atoms with Crippen LogP contribution in [0.4, 0.5) is 14.5 Å². The fourth-order valence-electron chi connectivity index (χ4n) is 1.77. The third kappa shape index (κ3) is 3.58. The molecule has 5 nitrogen and oxygen atoms in total. The Kier molecular flexibility index (Phi) is 5.58. The van der Waals surface area contributed by atoms with E-state index < -0.39 is 17.5 Å². The number of nitrogens with two attached hydrogens (primary N) is 1. The van der Waals surface area contributed by atoms with Crippen LogP contribution in [0.15, 0.2) is 23.3 Å². The molecular weight excluding hydrogens is 385 g/mol. The molecule has 0 atom stereocenters. The number of anilines is 1. The average molecular weight is 394 g/mol. The highest BCUT2D eigenvalue weighted by Gasteiger charge is 2.20. The first-order valence-corrected chi connectivity index (χ1v) is 7.46. The van der Waals surface area contributed by atoms with Crippen molar-refractivity contribution >= 4 is 52.1 Å². The van der Waals surface area contributed by atoms with Crippen molar-refractivity contribution in [2.45, 2.75) is 6.92 Å². The minimum Gasteiger partial charge on any atom is -0.396 e. The molecule has 1 aromatic carbocycles. The van der Waals surface area contributed by atoms with Gasteiger partial charge >= 0.3 is 0 Å². The first-order valence-electron chi connectivity index (χ1n) is 6.33. The lowest BCUT2D eigenvalue weighted by atomic mass is 10.1. The van der Waals surface area contributed by atoms with E-state index in [1.54, 1.807) is 0 Å². The predicted molar refractivity (Wildman–Crippen MR) is 89.7 cm³/mol. The summed E-state index contributed by atoms with van der Waals surface area (Å²) < 4.78 is 27.3. The number of nitrogens with zero attached hydrogens (tertiary/aromatic N) is 2. The molecule has 2 aromatic rings. The minimum atomic E-state index is -0.874. The summed E-state index contributed by atoms with van der Waals surface area (Å²) in [7, 11) is 0. The van der Waals surface area contributed by atoms with Crippen molar-refractivity contribution in [2.75, 3.05) is 5.73 Å². The second-order valence-electron chi connectivity index (χ2n) is 4.53. The SMILES string of the molecule is C/C(=N\NC(=O)c1nc(Cl)c(Cl)c(N)c1Cl)c1c(F)cccc1F. The molecule has 0 unspecified atom stereocenters. The summed E-state index contributed by atoms with van der Waals surface area (Å²) in [5.74, 6) is -2.51. The lowest BCUT2D eigenvalue weighted by Crippen LogP contribution is -2.22. The quantitative estimate of drug-likeness (QED) is 0.469. The van der Waals surface area contributed by atoms with Crippen LogP contribution in [0, 0.1) is 11.6 Å². The second-order valence-corrected chi connectivity index (χ2v) is 5.64. The highest BCUT2D eigenvalue weighted by Crippen LogP contribution is 2.34. The zero-order valence-electron chi connectivity index (χ0n) is 12.0. The summed E-state index contributed by atoms with van der Waals surface area (Å²) in [6, 6.07) is 3.34. The predicted octanol–water partition coefficient (Wildman–Crippen LogP) is 4.06. The summed E-state index contributed by atoms with van der Waals surface area (Å²) in [6.45, 7) is 1.32. The maximum Gasteiger partial charge on any atom is 0.291 e. The minimum absolute atomic E-state index is 0.0914. The van der Waals surface area contributed by atoms with Gasteiger partial charge in [0.25, 0.3) is 5.91 Å². The lowest BCUT2D eigenvalue weighted by molar-refractivity contribution is 0.0950. The molecule has 0 aliphatic carbocycles. The van der Waals surface area contributed by atoms with Crippen LogP contribution in [0.25, 0.3) is 0 Å². The summed E-state index contributed by atoms with van der Waals surface area (Å²) in [6.07, 6.45) is 0. The number of carbonyl (C=O) groups excluding carboxylic acids is 1. The topological polar surface area (TPSA) is 80.4 Å². The first-order chi connectivity index (χ1) is 11.2. The number of hydrazone groups is 1. The van der Waals surface area contributed by atoms with Crippen molar-refractivity contribution in [3.05, 3.63) is 56.3 Å². The summed E-state index contributed by atoms with van der Waals surface area (Å²) in [5, 5.41) is 3.11. The van der Waals surface area contributed by atoms with E-state index in [9.17, 15) is 13.6 Å². The van der Waals surface area contributed by atoms with Gasteiger partial charge in [-0.3, -0.25) is 4.79 Å². The Balaban J connectivity index is 2.31. The molecule has 0 aliphatic rings. The molecule has 1 heterocycles. The normalized spacial score (nSPS) is 11.5. The van der Waals surface area contributed by atoms with Crippen LogP contribution >= 0.6 is 34.8 Å². The van der Waals surface area contributed by atoms with E-state index in [-0.39, 0.29) is 37.9 Å². The number of aromatic nitrogens is 1. The molecule has 0 aliphatic heterocycles. The molecule has 1 aromatic heterocycles. The lowest BCUT2D eigenvalue weighted by Gasteiger charge is -2.08. The molecule has 3 N–H and O–H groups in total. The molecule has 0 bridgehead atoms. The van der Waals surface area contributed by atoms with Crippen LogP contribution in [0.3, 0.4) is 0 Å². The van der Waals surface area contributed by atoms with Crippen molar-refractivity contribution in [1.29, 1.82) is 0 Å². The molecule has 0 radical (unpaired) electrons. The number of benzene rings is 1. The van der Waals surface area contributed by atoms with Crippen molar-refractivity contribution < 1.29 is 13.6 Å². The Morgan fingerprint density at radius 1 is 1.21 bits per heavy atom. The average Bonchev–Trinajstić information content (AvgIpc) is 2.53. The zero-order chi connectivity index (χ0) is 18.0. The number of pyridine rings is 1. The van der Waals surface area contributed by atoms with Crippen LogP contribution in [-0.2, 0) is 0 Å². The van der Waals surface area contributed by atoms with Gasteiger partial charge in [0.15, 0.2) is 10.8 Å². The Morgan fingerprint density at radius 2 is 1.79 bits per heavy atom. The van der Waals surface area contributed by atoms with Gasteiger partial charge in [-0.1, -0.05) is 40.9 Å². The number of nitrogens with one attached hydrogen (secondary N) is 1. The summed E-state index contributed by atoms with van der Waals surface area (Å²) in [4.78, 5) is 15.8. The molecule has 0 saturated carbocycles. The Bertz CT molecular complexity index is 838. The van der Waals surface area contributed by atoms with Gasteiger partial charge in [0, 0.05) is 0 Å². The van der Waals surface area contributed by atoms with Gasteiger partial charge in [0.1, 0.15) is 16.7 Å². The highest BCUT2D eigenvalue weighted by molar-refractivity contribution is 6.46. The second kappa shape index (κ2) is 7.29. The monoisotopic (exact) mass is 392 g/mol. The smallest absolute Gasteiger partial charge is 0.291 e. The van der Waals surface area contributed by atoms with Gasteiger partial charge in [-0.15, -0.1) is 0 Å². The fourth-order valence-corrected chi connectivity index (χ4v) is 2.36. The molecule has 126 valence electrons. The maximum absolute atomic E-state index is 13.6. The number of rotatable bonds is 3. The van der Waals surface area contributed by atoms with Crippen molar-refractivity contribution in [2.24, 2.45) is 5.10 Å². The number of carbonyl (C=O) groups is 1. The van der Waals surface area contributed by atoms with E-state index >= 15 is 0 Å². The number of amides is 1. The van der Waals surface area contributed by atoms with E-state index in [4.69, 9.17) is 40.5 Å². The largest absolute Gasteiger partial charge is 0.396 e. The van der Waals surface area contributed by atoms with Crippen molar-refractivity contribution in [3.8, 4) is 0 Å². The third-order valence-corrected chi connectivity index (χ3v) is 4.07. The standard InChI is InChI=1S/C14H9Cl3F2N4O/c1-5(8-6(18)3-2-4-7(8)19)22-23-14(24)12-9(15)11(20)10(16)13(17)21-12/h2-4H,1H3,(H2,20,21)(H,23,24)/b22-5+. The van der Waals surface area contributed by atoms with E-state index in [1.807, 2.05) is 0 Å². The van der Waals surface area contributed by atoms with Gasteiger partial charge < -0.3 is 5.73 Å². The first kappa shape index (κ1) is 18.4. The molecule has 0 saturated heterocycles. The number of hydrogen-bond donors (Lipinski definition) is 2. The van der Waals surface area contributed by atoms with Gasteiger partial charge in [-0.05, 0) is 19.1 Å². The molecule has 1 amide bonds. The number of halogens is 5. The Labute approximate surface area is 150 Å². The maximum atomic E-state index is 13.6. The van der Waals surface area contributed by atoms with Crippen LogP contribution in [0.1, 0.15) is 23.0 Å². The molecule has 2 rings (SSSR count). The van der Waals surface area contributed by atoms with Crippen molar-refractivity contribution in [3.63, 3.8) is 0 Å². The Morgan fingerprint density at radius 3 is 2.38 bits per heavy atom. The highest BCUT2D eigenvalue weighted by atomic mass is 35.5. The number of hydrogen-bond acceptors (Lipinski definition) is 4. The molecule has 10 heteroatoms. The number of nitrogen functional groups attached to an aromatic ring is 1. The summed E-state index contributed by atoms with van der Waals surface area (Å²) in [5.41, 5.74) is 6.77. The van der Waals surface area contributed by atoms with Crippen LogP contribution in [0.2, 0.25) is 15.2 Å². The van der Waals surface area contributed by atoms with E-state index in [0.29, 0.717) is 0 Å². The van der Waals surface area contributed by atoms with E-state index in [0.717, 1.165) is 12.1 Å². The van der Waals surface area contributed by atoms with Gasteiger partial charge in [0.05, 0.1) is 22.0 Å². The van der Waals surface area contributed by atoms with Crippen LogP contribution in [-0.4, -0.2) is 16.6 Å². The van der Waals surface area contributed by atoms with Gasteiger partial charge in [-0.2, -0.15) is 5.10 Å². The molecule has 24 heavy (non-hydrogen) atoms. The van der Waals surface area contributed by atoms with Crippen LogP contribution in [0.5, 0.6) is 0 Å². The van der Waals surface area contributed by atoms with Crippen molar-refractivity contribution in [1.82, 2.24) is 10.4 Å². The van der Waals surface area contributed by atoms with Crippen LogP contribution < -0.4 is 11.2 Å². The third-order valence-electron chi connectivity index (χ3n) is 2.94. The van der Waals surface area contributed by atoms with Gasteiger partial charge in [-0.25, -0.2) is 19.2 Å². The molecule has 0 fully saturated rings. The Hall–Kier alpha value is -1.96. The molecular formula is C14H9Cl3F2N4O.